The van der Waals surface area contributed by atoms with Crippen LogP contribution in [0.2, 0.25) is 0 Å². The van der Waals surface area contributed by atoms with Crippen molar-refractivity contribution in [2.24, 2.45) is 5.73 Å². The first kappa shape index (κ1) is 12.7. The fourth-order valence-corrected chi connectivity index (χ4v) is 1.31. The van der Waals surface area contributed by atoms with Crippen LogP contribution in [0.5, 0.6) is 5.88 Å². The van der Waals surface area contributed by atoms with Gasteiger partial charge < -0.3 is 15.4 Å². The maximum Gasteiger partial charge on any atom is 0.218 e. The highest BCUT2D eigenvalue weighted by atomic mass is 16.5. The van der Waals surface area contributed by atoms with Crippen LogP contribution in [0.15, 0.2) is 6.07 Å². The average Bonchev–Trinajstić information content (AvgIpc) is 2.26. The van der Waals surface area contributed by atoms with E-state index >= 15 is 0 Å². The Morgan fingerprint density at radius 3 is 2.75 bits per heavy atom. The number of aromatic nitrogens is 2. The van der Waals surface area contributed by atoms with Crippen LogP contribution in [0.1, 0.15) is 19.7 Å². The second kappa shape index (κ2) is 5.65. The number of nitrogens with zero attached hydrogens (tertiary/aromatic N) is 3. The molecule has 1 atom stereocenters. The molecule has 1 unspecified atom stereocenters. The van der Waals surface area contributed by atoms with Gasteiger partial charge >= 0.3 is 0 Å². The zero-order valence-corrected chi connectivity index (χ0v) is 10.4. The molecule has 0 radical (unpaired) electrons. The molecule has 1 heterocycles. The molecule has 5 heteroatoms. The number of aryl methyl sites for hydroxylation is 1. The van der Waals surface area contributed by atoms with Gasteiger partial charge in [-0.2, -0.15) is 4.98 Å². The molecule has 1 rings (SSSR count). The van der Waals surface area contributed by atoms with E-state index in [2.05, 4.69) is 16.9 Å². The maximum absolute atomic E-state index is 5.63. The van der Waals surface area contributed by atoms with Gasteiger partial charge in [0.1, 0.15) is 11.6 Å². The van der Waals surface area contributed by atoms with Crippen molar-refractivity contribution in [3.8, 4) is 5.88 Å². The summed E-state index contributed by atoms with van der Waals surface area (Å²) in [6.45, 7) is 7.03. The minimum atomic E-state index is 0.240. The van der Waals surface area contributed by atoms with E-state index in [0.717, 1.165) is 5.82 Å². The third-order valence-electron chi connectivity index (χ3n) is 2.46. The summed E-state index contributed by atoms with van der Waals surface area (Å²) in [5.41, 5.74) is 5.63. The highest BCUT2D eigenvalue weighted by molar-refractivity contribution is 5.41. The lowest BCUT2D eigenvalue weighted by Crippen LogP contribution is -2.35. The Balaban J connectivity index is 2.94. The molecule has 0 fully saturated rings. The second-order valence-corrected chi connectivity index (χ2v) is 3.74. The molecular weight excluding hydrogens is 204 g/mol. The molecule has 0 saturated carbocycles. The van der Waals surface area contributed by atoms with Gasteiger partial charge in [0.05, 0.1) is 6.61 Å². The van der Waals surface area contributed by atoms with Crippen molar-refractivity contribution in [2.75, 3.05) is 25.1 Å². The fraction of sp³-hybridized carbons (Fsp3) is 0.636. The number of nitrogens with two attached hydrogens (primary N) is 1. The first-order valence-corrected chi connectivity index (χ1v) is 5.49. The molecular formula is C11H20N4O. The van der Waals surface area contributed by atoms with E-state index in [-0.39, 0.29) is 6.04 Å². The third kappa shape index (κ3) is 3.06. The van der Waals surface area contributed by atoms with Crippen molar-refractivity contribution in [2.45, 2.75) is 26.8 Å². The highest BCUT2D eigenvalue weighted by Gasteiger charge is 2.11. The number of hydrogen-bond donors (Lipinski definition) is 1. The van der Waals surface area contributed by atoms with Gasteiger partial charge in [-0.3, -0.25) is 0 Å². The number of likely N-dealkylation sites (N-methyl/N-ethyl adjacent to an activating group) is 1. The number of anilines is 1. The summed E-state index contributed by atoms with van der Waals surface area (Å²) >= 11 is 0. The quantitative estimate of drug-likeness (QED) is 0.807. The molecule has 1 aromatic rings. The lowest BCUT2D eigenvalue weighted by Gasteiger charge is -2.25. The van der Waals surface area contributed by atoms with Crippen molar-refractivity contribution < 1.29 is 4.74 Å². The van der Waals surface area contributed by atoms with E-state index < -0.39 is 0 Å². The van der Waals surface area contributed by atoms with E-state index in [1.807, 2.05) is 31.9 Å². The minimum absolute atomic E-state index is 0.240. The number of rotatable bonds is 5. The molecule has 2 N–H and O–H groups in total. The Labute approximate surface area is 96.6 Å². The average molecular weight is 224 g/mol. The molecule has 90 valence electrons. The normalized spacial score (nSPS) is 12.3. The van der Waals surface area contributed by atoms with Crippen LogP contribution in [0, 0.1) is 6.92 Å². The SMILES string of the molecule is CCOc1cc(N(C)C(C)CN)nc(C)n1. The van der Waals surface area contributed by atoms with E-state index in [0.29, 0.717) is 24.9 Å². The van der Waals surface area contributed by atoms with Crippen LogP contribution in [0.4, 0.5) is 5.82 Å². The van der Waals surface area contributed by atoms with Gasteiger partial charge in [0.2, 0.25) is 5.88 Å². The summed E-state index contributed by atoms with van der Waals surface area (Å²) in [4.78, 5) is 10.6. The fourth-order valence-electron chi connectivity index (χ4n) is 1.31. The Bertz CT molecular complexity index is 343. The third-order valence-corrected chi connectivity index (χ3v) is 2.46. The molecule has 1 aromatic heterocycles. The summed E-state index contributed by atoms with van der Waals surface area (Å²) in [6.07, 6.45) is 0. The van der Waals surface area contributed by atoms with Gasteiger partial charge in [-0.05, 0) is 20.8 Å². The van der Waals surface area contributed by atoms with Crippen molar-refractivity contribution in [3.05, 3.63) is 11.9 Å². The molecule has 0 bridgehead atoms. The lowest BCUT2D eigenvalue weighted by atomic mass is 10.3. The molecule has 5 nitrogen and oxygen atoms in total. The van der Waals surface area contributed by atoms with Gasteiger partial charge in [0.15, 0.2) is 0 Å². The Hall–Kier alpha value is -1.36. The van der Waals surface area contributed by atoms with E-state index in [1.54, 1.807) is 0 Å². The summed E-state index contributed by atoms with van der Waals surface area (Å²) in [5.74, 6) is 2.16. The van der Waals surface area contributed by atoms with Gasteiger partial charge in [-0.25, -0.2) is 4.98 Å². The van der Waals surface area contributed by atoms with Gasteiger partial charge in [-0.15, -0.1) is 0 Å². The van der Waals surface area contributed by atoms with E-state index in [4.69, 9.17) is 10.5 Å². The monoisotopic (exact) mass is 224 g/mol. The van der Waals surface area contributed by atoms with Gasteiger partial charge in [-0.1, -0.05) is 0 Å². The van der Waals surface area contributed by atoms with E-state index in [9.17, 15) is 0 Å². The molecule has 0 spiro atoms. The standard InChI is InChI=1S/C11H20N4O/c1-5-16-11-6-10(13-9(3)14-11)15(4)8(2)7-12/h6,8H,5,7,12H2,1-4H3. The van der Waals surface area contributed by atoms with Crippen LogP contribution in [0.3, 0.4) is 0 Å². The Kier molecular flexibility index (Phi) is 4.49. The molecule has 0 aliphatic carbocycles. The molecule has 0 amide bonds. The van der Waals surface area contributed by atoms with Crippen LogP contribution < -0.4 is 15.4 Å². The Morgan fingerprint density at radius 1 is 1.50 bits per heavy atom. The van der Waals surface area contributed by atoms with Crippen molar-refractivity contribution in [3.63, 3.8) is 0 Å². The second-order valence-electron chi connectivity index (χ2n) is 3.74. The maximum atomic E-state index is 5.63. The molecule has 16 heavy (non-hydrogen) atoms. The summed E-state index contributed by atoms with van der Waals surface area (Å²) < 4.78 is 5.38. The van der Waals surface area contributed by atoms with Crippen molar-refractivity contribution in [1.29, 1.82) is 0 Å². The zero-order valence-electron chi connectivity index (χ0n) is 10.4. The first-order valence-electron chi connectivity index (χ1n) is 5.49. The summed E-state index contributed by atoms with van der Waals surface area (Å²) in [6, 6.07) is 2.08. The zero-order chi connectivity index (χ0) is 12.1. The van der Waals surface area contributed by atoms with E-state index in [1.165, 1.54) is 0 Å². The first-order chi connectivity index (χ1) is 7.58. The predicted molar refractivity (Wildman–Crippen MR) is 64.9 cm³/mol. The topological polar surface area (TPSA) is 64.3 Å². The molecule has 0 aliphatic heterocycles. The lowest BCUT2D eigenvalue weighted by molar-refractivity contribution is 0.325. The minimum Gasteiger partial charge on any atom is -0.478 e. The molecule has 0 aliphatic rings. The van der Waals surface area contributed by atoms with Gasteiger partial charge in [0.25, 0.3) is 0 Å². The Morgan fingerprint density at radius 2 is 2.19 bits per heavy atom. The van der Waals surface area contributed by atoms with Crippen LogP contribution in [0.25, 0.3) is 0 Å². The molecule has 0 saturated heterocycles. The highest BCUT2D eigenvalue weighted by Crippen LogP contribution is 2.17. The number of ether oxygens (including phenoxy) is 1. The van der Waals surface area contributed by atoms with Gasteiger partial charge in [0, 0.05) is 25.7 Å². The van der Waals surface area contributed by atoms with Crippen LogP contribution >= 0.6 is 0 Å². The van der Waals surface area contributed by atoms with Crippen LogP contribution in [-0.4, -0.2) is 36.2 Å². The van der Waals surface area contributed by atoms with Crippen molar-refractivity contribution >= 4 is 5.82 Å². The van der Waals surface area contributed by atoms with Crippen LogP contribution in [-0.2, 0) is 0 Å². The molecule has 0 aromatic carbocycles. The van der Waals surface area contributed by atoms with Crippen molar-refractivity contribution in [1.82, 2.24) is 9.97 Å². The smallest absolute Gasteiger partial charge is 0.218 e. The number of hydrogen-bond acceptors (Lipinski definition) is 5. The predicted octanol–water partition coefficient (Wildman–Crippen LogP) is 0.967. The largest absolute Gasteiger partial charge is 0.478 e. The summed E-state index contributed by atoms with van der Waals surface area (Å²) in [7, 11) is 1.97. The summed E-state index contributed by atoms with van der Waals surface area (Å²) in [5, 5.41) is 0.